The topological polar surface area (TPSA) is 368 Å². The maximum Gasteiger partial charge on any atom is 0.335 e. The SMILES string of the molecule is C/C=C(\C)C(=O)O[C@H]1[C@H](OC(C)=O)[C@]2(CO)[C@H](O)C[C@]3(C)C(=CC[C@@H]4[C@@]5(C)CC[C@H](O[C@@H]6O[C@H](C(=O)O)[C@@H](O)[C@H](O[C@@H]7O[C@@H](CO)[C@H](O)[C@H]7O)[C@H]6O[C@@H]6O[C@H](CO)[C@@H](O)[C@H](O)[C@H]6O)[C@](C)(CO)[C@@H]5CC[C@]43C)[C@@H]2CC1(C)C. The number of carbonyl (C=O) groups is 3. The van der Waals surface area contributed by atoms with Gasteiger partial charge >= 0.3 is 17.9 Å². The number of esters is 2. The van der Waals surface area contributed by atoms with Crippen molar-refractivity contribution in [3.63, 3.8) is 0 Å². The van der Waals surface area contributed by atoms with Crippen LogP contribution in [-0.2, 0) is 52.3 Å². The summed E-state index contributed by atoms with van der Waals surface area (Å²) in [4.78, 5) is 39.2. The molecule has 0 amide bonds. The molecule has 23 nitrogen and oxygen atoms in total. The molecule has 0 aromatic rings. The van der Waals surface area contributed by atoms with E-state index in [2.05, 4.69) is 26.8 Å². The van der Waals surface area contributed by atoms with E-state index in [4.69, 9.17) is 37.9 Å². The Hall–Kier alpha value is -2.79. The van der Waals surface area contributed by atoms with Crippen LogP contribution in [0, 0.1) is 50.2 Å². The van der Waals surface area contributed by atoms with E-state index in [1.54, 1.807) is 19.9 Å². The van der Waals surface area contributed by atoms with Crippen molar-refractivity contribution < 1.29 is 114 Å². The quantitative estimate of drug-likeness (QED) is 0.0444. The van der Waals surface area contributed by atoms with Crippen LogP contribution in [0.1, 0.15) is 107 Å². The van der Waals surface area contributed by atoms with Gasteiger partial charge in [-0.3, -0.25) is 4.79 Å². The van der Waals surface area contributed by atoms with E-state index in [0.29, 0.717) is 37.7 Å². The van der Waals surface area contributed by atoms with Gasteiger partial charge in [0.2, 0.25) is 0 Å². The van der Waals surface area contributed by atoms with Gasteiger partial charge in [0, 0.05) is 23.3 Å². The smallest absolute Gasteiger partial charge is 0.335 e. The Morgan fingerprint density at radius 2 is 1.27 bits per heavy atom. The van der Waals surface area contributed by atoms with Gasteiger partial charge in [0.05, 0.1) is 44.1 Å². The molecule has 77 heavy (non-hydrogen) atoms. The Balaban J connectivity index is 1.13. The van der Waals surface area contributed by atoms with Crippen molar-refractivity contribution in [1.82, 2.24) is 0 Å². The molecule has 3 heterocycles. The number of ether oxygens (including phenoxy) is 8. The van der Waals surface area contributed by atoms with Gasteiger partial charge in [-0.2, -0.15) is 0 Å². The Bertz CT molecular complexity index is 2240. The number of aliphatic hydroxyl groups is 11. The Morgan fingerprint density at radius 3 is 1.83 bits per heavy atom. The number of rotatable bonds is 14. The minimum Gasteiger partial charge on any atom is -0.479 e. The summed E-state index contributed by atoms with van der Waals surface area (Å²) in [5.41, 5.74) is -3.71. The van der Waals surface area contributed by atoms with Crippen LogP contribution in [-0.4, -0.2) is 216 Å². The second-order valence-corrected chi connectivity index (χ2v) is 25.0. The molecule has 0 aromatic heterocycles. The summed E-state index contributed by atoms with van der Waals surface area (Å²) in [6.07, 6.45) is -23.3. The third kappa shape index (κ3) is 9.55. The lowest BCUT2D eigenvalue weighted by Gasteiger charge is -2.72. The Morgan fingerprint density at radius 1 is 0.675 bits per heavy atom. The number of hydrogen-bond acceptors (Lipinski definition) is 22. The zero-order valence-corrected chi connectivity index (χ0v) is 45.4. The van der Waals surface area contributed by atoms with E-state index in [9.17, 15) is 75.7 Å². The summed E-state index contributed by atoms with van der Waals surface area (Å²) < 4.78 is 48.5. The summed E-state index contributed by atoms with van der Waals surface area (Å²) in [5.74, 6) is -3.80. The molecule has 3 aliphatic heterocycles. The largest absolute Gasteiger partial charge is 0.479 e. The lowest BCUT2D eigenvalue weighted by Crippen LogP contribution is -2.72. The van der Waals surface area contributed by atoms with Gasteiger partial charge < -0.3 is 99.2 Å². The molecular weight excluding hydrogens is 1020 g/mol. The van der Waals surface area contributed by atoms with Crippen LogP contribution < -0.4 is 0 Å². The predicted molar refractivity (Wildman–Crippen MR) is 263 cm³/mol. The first kappa shape index (κ1) is 60.3. The fourth-order valence-electron chi connectivity index (χ4n) is 16.0. The van der Waals surface area contributed by atoms with Crippen molar-refractivity contribution in [2.24, 2.45) is 50.2 Å². The molecule has 0 unspecified atom stereocenters. The van der Waals surface area contributed by atoms with Crippen LogP contribution in [0.5, 0.6) is 0 Å². The molecule has 0 spiro atoms. The number of aliphatic hydroxyl groups excluding tert-OH is 11. The molecule has 5 aliphatic carbocycles. The summed E-state index contributed by atoms with van der Waals surface area (Å²) in [7, 11) is 0. The second-order valence-electron chi connectivity index (χ2n) is 25.0. The molecule has 0 aromatic carbocycles. The number of carboxylic acid groups (broad SMARTS) is 1. The van der Waals surface area contributed by atoms with Crippen LogP contribution in [0.2, 0.25) is 0 Å². The highest BCUT2D eigenvalue weighted by atomic mass is 16.8. The minimum absolute atomic E-state index is 0.0741. The van der Waals surface area contributed by atoms with E-state index in [1.165, 1.54) is 6.92 Å². The van der Waals surface area contributed by atoms with Crippen LogP contribution in [0.15, 0.2) is 23.3 Å². The fraction of sp³-hybridized carbons (Fsp3) is 0.870. The predicted octanol–water partition coefficient (Wildman–Crippen LogP) is -0.682. The molecule has 26 atom stereocenters. The number of allylic oxidation sites excluding steroid dienone is 3. The average molecular weight is 1100 g/mol. The number of aliphatic carboxylic acids is 1. The summed E-state index contributed by atoms with van der Waals surface area (Å²) in [6.45, 7) is 14.3. The van der Waals surface area contributed by atoms with Gasteiger partial charge in [-0.25, -0.2) is 9.59 Å². The molecule has 8 aliphatic rings. The fourth-order valence-corrected chi connectivity index (χ4v) is 16.0. The number of carbonyl (C=O) groups excluding carboxylic acids is 2. The van der Waals surface area contributed by atoms with Gasteiger partial charge in [0.1, 0.15) is 73.2 Å². The lowest BCUT2D eigenvalue weighted by molar-refractivity contribution is -0.387. The van der Waals surface area contributed by atoms with Crippen molar-refractivity contribution in [2.45, 2.75) is 218 Å². The van der Waals surface area contributed by atoms with Crippen LogP contribution in [0.4, 0.5) is 0 Å². The van der Waals surface area contributed by atoms with Crippen molar-refractivity contribution in [2.75, 3.05) is 26.4 Å². The first-order chi connectivity index (χ1) is 36.0. The third-order valence-corrected chi connectivity index (χ3v) is 20.7. The lowest BCUT2D eigenvalue weighted by atomic mass is 9.33. The van der Waals surface area contributed by atoms with Crippen molar-refractivity contribution in [3.8, 4) is 0 Å². The highest BCUT2D eigenvalue weighted by molar-refractivity contribution is 5.87. The van der Waals surface area contributed by atoms with Crippen LogP contribution in [0.25, 0.3) is 0 Å². The molecule has 0 bridgehead atoms. The van der Waals surface area contributed by atoms with E-state index in [-0.39, 0.29) is 24.7 Å². The molecule has 8 rings (SSSR count). The molecule has 23 heteroatoms. The van der Waals surface area contributed by atoms with Gasteiger partial charge in [-0.15, -0.1) is 0 Å². The molecule has 7 fully saturated rings. The third-order valence-electron chi connectivity index (χ3n) is 20.7. The van der Waals surface area contributed by atoms with Gasteiger partial charge in [-0.1, -0.05) is 59.3 Å². The maximum absolute atomic E-state index is 13.4. The zero-order valence-electron chi connectivity index (χ0n) is 45.4. The molecule has 3 saturated heterocycles. The average Bonchev–Trinajstić information content (AvgIpc) is 3.82. The van der Waals surface area contributed by atoms with Gasteiger partial charge in [0.15, 0.2) is 25.0 Å². The number of carboxylic acids is 1. The molecule has 438 valence electrons. The van der Waals surface area contributed by atoms with E-state index >= 15 is 0 Å². The van der Waals surface area contributed by atoms with Crippen molar-refractivity contribution >= 4 is 17.9 Å². The van der Waals surface area contributed by atoms with E-state index in [1.807, 2.05) is 20.8 Å². The monoisotopic (exact) mass is 1100 g/mol. The summed E-state index contributed by atoms with van der Waals surface area (Å²) in [5, 5.41) is 132. The maximum atomic E-state index is 13.4. The van der Waals surface area contributed by atoms with Gasteiger partial charge in [0.25, 0.3) is 0 Å². The van der Waals surface area contributed by atoms with Crippen molar-refractivity contribution in [1.29, 1.82) is 0 Å². The van der Waals surface area contributed by atoms with Gasteiger partial charge in [-0.05, 0) is 92.8 Å². The molecule has 0 radical (unpaired) electrons. The zero-order chi connectivity index (χ0) is 56.9. The van der Waals surface area contributed by atoms with Crippen molar-refractivity contribution in [3.05, 3.63) is 23.3 Å². The van der Waals surface area contributed by atoms with Crippen LogP contribution >= 0.6 is 0 Å². The molecule has 12 N–H and O–H groups in total. The highest BCUT2D eigenvalue weighted by Gasteiger charge is 2.74. The summed E-state index contributed by atoms with van der Waals surface area (Å²) >= 11 is 0. The number of fused-ring (bicyclic) bond motifs is 7. The number of hydrogen-bond donors (Lipinski definition) is 12. The molecule has 4 saturated carbocycles. The highest BCUT2D eigenvalue weighted by Crippen LogP contribution is 2.76. The van der Waals surface area contributed by atoms with E-state index in [0.717, 1.165) is 5.57 Å². The summed E-state index contributed by atoms with van der Waals surface area (Å²) in [6, 6.07) is 0. The first-order valence-electron chi connectivity index (χ1n) is 27.1. The van der Waals surface area contributed by atoms with E-state index < -0.39 is 193 Å². The standard InChI is InChI=1S/C54H84O23/c1-10-23(2)45(69)77-42-43(70-24(3)59)54(22-58)26(17-49(42,4)5)25-11-12-30-50(6)15-14-32(51(7,21-57)29(50)13-16-52(30,8)53(25,9)18-31(54)60)73-48-41(76-47-37(65)35(63)33(61)27(19-55)71-47)39(38(66)40(75-48)44(67)68)74-46-36(64)34(62)28(20-56)72-46/h10-11,26-43,46-48,55-58,60-66H,12-22H2,1-9H3,(H,67,68)/b23-10+/t26-,27+,28-,29+,30+,31+,32-,33+,34-,35-,36+,37+,38-,39-,40-,41+,42-,43-,46-,47-,48+,50-,51+,52+,53+,54-/m0/s1. The first-order valence-corrected chi connectivity index (χ1v) is 27.1. The Kier molecular flexibility index (Phi) is 17.1. The normalized spacial score (nSPS) is 50.5. The molecular formula is C54H84O23. The van der Waals surface area contributed by atoms with Crippen LogP contribution in [0.3, 0.4) is 0 Å². The minimum atomic E-state index is -2.15. The second kappa shape index (κ2) is 21.8. The Labute approximate surface area is 448 Å².